The summed E-state index contributed by atoms with van der Waals surface area (Å²) in [6.07, 6.45) is 4.46. The Hall–Kier alpha value is -0.0800. The zero-order chi connectivity index (χ0) is 8.95. The molecular weight excluding hydrogens is 140 g/mol. The third-order valence-corrected chi connectivity index (χ3v) is 1.21. The number of aliphatic hydroxyl groups excluding tert-OH is 1. The molecule has 0 radical (unpaired) electrons. The molecule has 0 aromatic heterocycles. The summed E-state index contributed by atoms with van der Waals surface area (Å²) in [5.41, 5.74) is 0. The molecule has 0 saturated carbocycles. The lowest BCUT2D eigenvalue weighted by atomic mass is 10.4. The van der Waals surface area contributed by atoms with E-state index in [1.54, 1.807) is 7.11 Å². The van der Waals surface area contributed by atoms with Gasteiger partial charge in [-0.05, 0) is 12.8 Å². The number of unbranched alkanes of at least 4 members (excludes halogenated alkanes) is 2. The lowest BCUT2D eigenvalue weighted by Crippen LogP contribution is -1.84. The second kappa shape index (κ2) is 16.5. The number of ether oxygens (including phenoxy) is 1. The van der Waals surface area contributed by atoms with Gasteiger partial charge in [-0.3, -0.25) is 0 Å². The average molecular weight is 162 g/mol. The van der Waals surface area contributed by atoms with Crippen molar-refractivity contribution in [1.29, 1.82) is 0 Å². The highest BCUT2D eigenvalue weighted by Gasteiger charge is 1.74. The quantitative estimate of drug-likeness (QED) is 0.628. The van der Waals surface area contributed by atoms with Gasteiger partial charge in [-0.1, -0.05) is 26.7 Å². The molecule has 0 aromatic rings. The zero-order valence-corrected chi connectivity index (χ0v) is 8.10. The van der Waals surface area contributed by atoms with Crippen LogP contribution in [0.15, 0.2) is 0 Å². The van der Waals surface area contributed by atoms with Gasteiger partial charge in [-0.2, -0.15) is 0 Å². The first-order chi connectivity index (χ1) is 5.33. The van der Waals surface area contributed by atoms with Gasteiger partial charge in [0.05, 0.1) is 0 Å². The standard InChI is InChI=1S/C5H12O.C4H10O/c1-3-4-5-6-2;1-2-3-4-5/h3-5H2,1-2H3;5H,2-4H2,1H3. The van der Waals surface area contributed by atoms with E-state index in [0.29, 0.717) is 6.61 Å². The second-order valence-corrected chi connectivity index (χ2v) is 2.42. The predicted molar refractivity (Wildman–Crippen MR) is 48.8 cm³/mol. The van der Waals surface area contributed by atoms with Crippen LogP contribution >= 0.6 is 0 Å². The van der Waals surface area contributed by atoms with Gasteiger partial charge in [0.25, 0.3) is 0 Å². The highest BCUT2D eigenvalue weighted by Crippen LogP contribution is 1.83. The molecule has 0 fully saturated rings. The Balaban J connectivity index is 0. The van der Waals surface area contributed by atoms with E-state index >= 15 is 0 Å². The maximum Gasteiger partial charge on any atom is 0.0462 e. The van der Waals surface area contributed by atoms with Crippen LogP contribution in [0.4, 0.5) is 0 Å². The van der Waals surface area contributed by atoms with Crippen LogP contribution in [-0.2, 0) is 4.74 Å². The second-order valence-electron chi connectivity index (χ2n) is 2.42. The van der Waals surface area contributed by atoms with Gasteiger partial charge in [0.1, 0.15) is 0 Å². The van der Waals surface area contributed by atoms with Crippen LogP contribution in [0, 0.1) is 0 Å². The largest absolute Gasteiger partial charge is 0.396 e. The molecule has 1 N–H and O–H groups in total. The van der Waals surface area contributed by atoms with Crippen molar-refractivity contribution in [1.82, 2.24) is 0 Å². The smallest absolute Gasteiger partial charge is 0.0462 e. The third-order valence-electron chi connectivity index (χ3n) is 1.21. The average Bonchev–Trinajstić information content (AvgIpc) is 2.04. The minimum absolute atomic E-state index is 0.344. The summed E-state index contributed by atoms with van der Waals surface area (Å²) in [6.45, 7) is 5.46. The minimum atomic E-state index is 0.344. The Kier molecular flexibility index (Phi) is 20.2. The molecule has 0 atom stereocenters. The monoisotopic (exact) mass is 162 g/mol. The third kappa shape index (κ3) is 25.7. The molecule has 2 heteroatoms. The molecule has 0 rings (SSSR count). The molecule has 0 aromatic carbocycles. The number of methoxy groups -OCH3 is 1. The SMILES string of the molecule is CCCCO.CCCCOC. The summed E-state index contributed by atoms with van der Waals surface area (Å²) in [5, 5.41) is 8.07. The van der Waals surface area contributed by atoms with E-state index in [2.05, 4.69) is 13.8 Å². The molecule has 0 heterocycles. The molecule has 0 unspecified atom stereocenters. The summed E-state index contributed by atoms with van der Waals surface area (Å²) >= 11 is 0. The van der Waals surface area contributed by atoms with E-state index in [0.717, 1.165) is 19.4 Å². The fourth-order valence-corrected chi connectivity index (χ4v) is 0.447. The molecule has 2 nitrogen and oxygen atoms in total. The first kappa shape index (κ1) is 13.5. The van der Waals surface area contributed by atoms with E-state index in [4.69, 9.17) is 9.84 Å². The van der Waals surface area contributed by atoms with Crippen LogP contribution in [0.1, 0.15) is 39.5 Å². The van der Waals surface area contributed by atoms with Crippen LogP contribution in [-0.4, -0.2) is 25.4 Å². The molecule has 0 aliphatic heterocycles. The molecular formula is C9H22O2. The first-order valence-electron chi connectivity index (χ1n) is 4.43. The number of aliphatic hydroxyl groups is 1. The molecule has 0 saturated heterocycles. The minimum Gasteiger partial charge on any atom is -0.396 e. The van der Waals surface area contributed by atoms with E-state index in [1.165, 1.54) is 12.8 Å². The normalized spacial score (nSPS) is 8.73. The summed E-state index contributed by atoms with van der Waals surface area (Å²) in [6, 6.07) is 0. The molecule has 70 valence electrons. The van der Waals surface area contributed by atoms with Crippen molar-refractivity contribution >= 4 is 0 Å². The Morgan fingerprint density at radius 2 is 1.64 bits per heavy atom. The lowest BCUT2D eigenvalue weighted by Gasteiger charge is -1.89. The van der Waals surface area contributed by atoms with Crippen molar-refractivity contribution in [2.24, 2.45) is 0 Å². The van der Waals surface area contributed by atoms with Crippen LogP contribution in [0.5, 0.6) is 0 Å². The first-order valence-corrected chi connectivity index (χ1v) is 4.43. The number of hydrogen-bond acceptors (Lipinski definition) is 2. The van der Waals surface area contributed by atoms with Gasteiger partial charge >= 0.3 is 0 Å². The van der Waals surface area contributed by atoms with Gasteiger partial charge in [-0.25, -0.2) is 0 Å². The Morgan fingerprint density at radius 3 is 1.73 bits per heavy atom. The highest BCUT2D eigenvalue weighted by atomic mass is 16.5. The van der Waals surface area contributed by atoms with Crippen molar-refractivity contribution in [3.8, 4) is 0 Å². The molecule has 0 spiro atoms. The number of rotatable bonds is 5. The van der Waals surface area contributed by atoms with E-state index in [9.17, 15) is 0 Å². The highest BCUT2D eigenvalue weighted by molar-refractivity contribution is 4.26. The molecule has 0 aliphatic rings. The molecule has 11 heavy (non-hydrogen) atoms. The molecule has 0 amide bonds. The van der Waals surface area contributed by atoms with Gasteiger partial charge < -0.3 is 9.84 Å². The van der Waals surface area contributed by atoms with E-state index in [1.807, 2.05) is 0 Å². The van der Waals surface area contributed by atoms with Gasteiger partial charge in [0.2, 0.25) is 0 Å². The Morgan fingerprint density at radius 1 is 1.09 bits per heavy atom. The van der Waals surface area contributed by atoms with Crippen molar-refractivity contribution in [2.75, 3.05) is 20.3 Å². The summed E-state index contributed by atoms with van der Waals surface area (Å²) in [4.78, 5) is 0. The van der Waals surface area contributed by atoms with Crippen molar-refractivity contribution in [3.05, 3.63) is 0 Å². The summed E-state index contributed by atoms with van der Waals surface area (Å²) in [5.74, 6) is 0. The Bertz CT molecular complexity index is 40.8. The van der Waals surface area contributed by atoms with E-state index < -0.39 is 0 Å². The van der Waals surface area contributed by atoms with E-state index in [-0.39, 0.29) is 0 Å². The van der Waals surface area contributed by atoms with Crippen LogP contribution in [0.3, 0.4) is 0 Å². The van der Waals surface area contributed by atoms with Crippen LogP contribution in [0.2, 0.25) is 0 Å². The van der Waals surface area contributed by atoms with Crippen molar-refractivity contribution in [3.63, 3.8) is 0 Å². The fraction of sp³-hybridized carbons (Fsp3) is 1.00. The molecule has 0 aliphatic carbocycles. The zero-order valence-electron chi connectivity index (χ0n) is 8.10. The van der Waals surface area contributed by atoms with Crippen molar-refractivity contribution in [2.45, 2.75) is 39.5 Å². The maximum atomic E-state index is 8.07. The van der Waals surface area contributed by atoms with Crippen molar-refractivity contribution < 1.29 is 9.84 Å². The molecule has 0 bridgehead atoms. The van der Waals surface area contributed by atoms with Gasteiger partial charge in [-0.15, -0.1) is 0 Å². The lowest BCUT2D eigenvalue weighted by molar-refractivity contribution is 0.194. The van der Waals surface area contributed by atoms with Gasteiger partial charge in [0.15, 0.2) is 0 Å². The van der Waals surface area contributed by atoms with Gasteiger partial charge in [0, 0.05) is 20.3 Å². The fourth-order valence-electron chi connectivity index (χ4n) is 0.447. The number of hydrogen-bond donors (Lipinski definition) is 1. The topological polar surface area (TPSA) is 29.5 Å². The van der Waals surface area contributed by atoms with Crippen LogP contribution < -0.4 is 0 Å². The summed E-state index contributed by atoms with van der Waals surface area (Å²) in [7, 11) is 1.73. The maximum absolute atomic E-state index is 8.07. The predicted octanol–water partition coefficient (Wildman–Crippen LogP) is 2.21. The van der Waals surface area contributed by atoms with Crippen LogP contribution in [0.25, 0.3) is 0 Å². The Labute approximate surface area is 70.6 Å². The summed E-state index contributed by atoms with van der Waals surface area (Å²) < 4.78 is 4.78.